The van der Waals surface area contributed by atoms with Gasteiger partial charge in [0.1, 0.15) is 6.61 Å². The molecule has 1 atom stereocenters. The van der Waals surface area contributed by atoms with E-state index in [-0.39, 0.29) is 18.6 Å². The van der Waals surface area contributed by atoms with Crippen LogP contribution >= 0.6 is 0 Å². The highest BCUT2D eigenvalue weighted by Crippen LogP contribution is 2.07. The molecule has 0 rings (SSSR count). The average Bonchev–Trinajstić information content (AvgIpc) is 2.38. The van der Waals surface area contributed by atoms with Gasteiger partial charge in [-0.2, -0.15) is 0 Å². The number of amides is 1. The van der Waals surface area contributed by atoms with Gasteiger partial charge in [-0.15, -0.1) is 0 Å². The van der Waals surface area contributed by atoms with E-state index in [9.17, 15) is 4.79 Å². The first-order valence-corrected chi connectivity index (χ1v) is 7.17. The van der Waals surface area contributed by atoms with Crippen molar-refractivity contribution in [1.82, 2.24) is 4.90 Å². The summed E-state index contributed by atoms with van der Waals surface area (Å²) in [6, 6.07) is 0. The number of unbranched alkanes of at least 4 members (excludes halogenated alkanes) is 3. The number of carbonyl (C=O) groups is 1. The fourth-order valence-corrected chi connectivity index (χ4v) is 1.72. The van der Waals surface area contributed by atoms with Crippen molar-refractivity contribution >= 4 is 5.91 Å². The van der Waals surface area contributed by atoms with Crippen molar-refractivity contribution < 1.29 is 9.53 Å². The van der Waals surface area contributed by atoms with Crippen LogP contribution in [0.3, 0.4) is 0 Å². The van der Waals surface area contributed by atoms with Gasteiger partial charge in [0, 0.05) is 13.6 Å². The molecule has 108 valence electrons. The molecule has 1 amide bonds. The molecule has 0 spiro atoms. The Morgan fingerprint density at radius 1 is 1.28 bits per heavy atom. The van der Waals surface area contributed by atoms with Gasteiger partial charge in [-0.25, -0.2) is 0 Å². The lowest BCUT2D eigenvalue weighted by molar-refractivity contribution is -0.136. The molecular weight excluding hydrogens is 228 g/mol. The van der Waals surface area contributed by atoms with Crippen molar-refractivity contribution in [2.45, 2.75) is 58.5 Å². The van der Waals surface area contributed by atoms with Crippen LogP contribution in [0.25, 0.3) is 0 Å². The molecule has 0 aromatic rings. The molecule has 18 heavy (non-hydrogen) atoms. The lowest BCUT2D eigenvalue weighted by atomic mass is 10.1. The zero-order valence-corrected chi connectivity index (χ0v) is 12.3. The smallest absolute Gasteiger partial charge is 0.248 e. The van der Waals surface area contributed by atoms with Crippen LogP contribution in [-0.4, -0.2) is 43.7 Å². The first-order chi connectivity index (χ1) is 8.61. The zero-order valence-electron chi connectivity index (χ0n) is 12.3. The van der Waals surface area contributed by atoms with Crippen molar-refractivity contribution in [3.63, 3.8) is 0 Å². The Bertz CT molecular complexity index is 210. The number of ether oxygens (including phenoxy) is 1. The van der Waals surface area contributed by atoms with Crippen LogP contribution in [0, 0.1) is 0 Å². The molecule has 4 nitrogen and oxygen atoms in total. The van der Waals surface area contributed by atoms with Crippen LogP contribution in [0.2, 0.25) is 0 Å². The molecule has 0 aromatic heterocycles. The number of nitrogens with two attached hydrogens (primary N) is 1. The third kappa shape index (κ3) is 9.42. The zero-order chi connectivity index (χ0) is 13.8. The number of hydrogen-bond acceptors (Lipinski definition) is 3. The Labute approximate surface area is 112 Å². The van der Waals surface area contributed by atoms with Gasteiger partial charge in [0.15, 0.2) is 0 Å². The summed E-state index contributed by atoms with van der Waals surface area (Å²) in [5.74, 6) is 0.0452. The first kappa shape index (κ1) is 17.4. The molecule has 1 unspecified atom stereocenters. The molecule has 4 heteroatoms. The lowest BCUT2D eigenvalue weighted by Crippen LogP contribution is -2.33. The SMILES string of the molecule is CCCCCCC(C)OCC(=O)N(C)CCCN. The van der Waals surface area contributed by atoms with E-state index < -0.39 is 0 Å². The summed E-state index contributed by atoms with van der Waals surface area (Å²) in [5.41, 5.74) is 5.41. The van der Waals surface area contributed by atoms with E-state index >= 15 is 0 Å². The minimum absolute atomic E-state index is 0.0452. The summed E-state index contributed by atoms with van der Waals surface area (Å²) in [6.07, 6.45) is 7.04. The number of nitrogens with zero attached hydrogens (tertiary/aromatic N) is 1. The summed E-state index contributed by atoms with van der Waals surface area (Å²) in [6.45, 7) is 5.76. The van der Waals surface area contributed by atoms with E-state index in [1.54, 1.807) is 11.9 Å². The quantitative estimate of drug-likeness (QED) is 0.578. The Morgan fingerprint density at radius 3 is 2.61 bits per heavy atom. The van der Waals surface area contributed by atoms with E-state index in [0.29, 0.717) is 13.1 Å². The largest absolute Gasteiger partial charge is 0.369 e. The fraction of sp³-hybridized carbons (Fsp3) is 0.929. The van der Waals surface area contributed by atoms with Crippen molar-refractivity contribution in [2.75, 3.05) is 26.7 Å². The number of rotatable bonds is 11. The molecular formula is C14H30N2O2. The van der Waals surface area contributed by atoms with Gasteiger partial charge < -0.3 is 15.4 Å². The van der Waals surface area contributed by atoms with Crippen molar-refractivity contribution in [3.05, 3.63) is 0 Å². The Kier molecular flexibility index (Phi) is 11.1. The third-order valence-electron chi connectivity index (χ3n) is 3.08. The molecule has 0 saturated heterocycles. The minimum Gasteiger partial charge on any atom is -0.369 e. The van der Waals surface area contributed by atoms with Crippen LogP contribution < -0.4 is 5.73 Å². The maximum atomic E-state index is 11.7. The Morgan fingerprint density at radius 2 is 2.00 bits per heavy atom. The van der Waals surface area contributed by atoms with Gasteiger partial charge in [-0.1, -0.05) is 32.6 Å². The second-order valence-electron chi connectivity index (χ2n) is 4.93. The van der Waals surface area contributed by atoms with Gasteiger partial charge in [0.05, 0.1) is 6.10 Å². The maximum Gasteiger partial charge on any atom is 0.248 e. The fourth-order valence-electron chi connectivity index (χ4n) is 1.72. The first-order valence-electron chi connectivity index (χ1n) is 7.17. The number of carbonyl (C=O) groups excluding carboxylic acids is 1. The minimum atomic E-state index is 0.0452. The maximum absolute atomic E-state index is 11.7. The normalized spacial score (nSPS) is 12.4. The highest BCUT2D eigenvalue weighted by atomic mass is 16.5. The monoisotopic (exact) mass is 258 g/mol. The van der Waals surface area contributed by atoms with Crippen molar-refractivity contribution in [1.29, 1.82) is 0 Å². The van der Waals surface area contributed by atoms with E-state index in [1.165, 1.54) is 25.7 Å². The lowest BCUT2D eigenvalue weighted by Gasteiger charge is -2.18. The standard InChI is InChI=1S/C14H30N2O2/c1-4-5-6-7-9-13(2)18-12-14(17)16(3)11-8-10-15/h13H,4-12,15H2,1-3H3. The van der Waals surface area contributed by atoms with Crippen LogP contribution in [0.4, 0.5) is 0 Å². The molecule has 0 heterocycles. The third-order valence-corrected chi connectivity index (χ3v) is 3.08. The summed E-state index contributed by atoms with van der Waals surface area (Å²) >= 11 is 0. The van der Waals surface area contributed by atoms with Crippen LogP contribution in [0.1, 0.15) is 52.4 Å². The highest BCUT2D eigenvalue weighted by Gasteiger charge is 2.10. The van der Waals surface area contributed by atoms with E-state index in [0.717, 1.165) is 12.8 Å². The van der Waals surface area contributed by atoms with Gasteiger partial charge in [0.25, 0.3) is 0 Å². The molecule has 0 radical (unpaired) electrons. The van der Waals surface area contributed by atoms with Crippen LogP contribution in [0.5, 0.6) is 0 Å². The second-order valence-corrected chi connectivity index (χ2v) is 4.93. The Balaban J connectivity index is 3.57. The predicted molar refractivity (Wildman–Crippen MR) is 75.5 cm³/mol. The predicted octanol–water partition coefficient (Wildman–Crippen LogP) is 2.17. The van der Waals surface area contributed by atoms with Gasteiger partial charge in [-0.05, 0) is 26.3 Å². The van der Waals surface area contributed by atoms with Crippen LogP contribution in [-0.2, 0) is 9.53 Å². The summed E-state index contributed by atoms with van der Waals surface area (Å²) in [5, 5.41) is 0. The number of likely N-dealkylation sites (N-methyl/N-ethyl adjacent to an activating group) is 1. The molecule has 0 aliphatic carbocycles. The topological polar surface area (TPSA) is 55.6 Å². The van der Waals surface area contributed by atoms with Gasteiger partial charge in [-0.3, -0.25) is 4.79 Å². The molecule has 0 aliphatic heterocycles. The number of hydrogen-bond donors (Lipinski definition) is 1. The van der Waals surface area contributed by atoms with E-state index in [4.69, 9.17) is 10.5 Å². The molecule has 0 aliphatic rings. The Hall–Kier alpha value is -0.610. The summed E-state index contributed by atoms with van der Waals surface area (Å²) in [4.78, 5) is 13.4. The van der Waals surface area contributed by atoms with Crippen molar-refractivity contribution in [3.8, 4) is 0 Å². The van der Waals surface area contributed by atoms with Gasteiger partial charge >= 0.3 is 0 Å². The molecule has 0 bridgehead atoms. The van der Waals surface area contributed by atoms with Crippen molar-refractivity contribution in [2.24, 2.45) is 5.73 Å². The molecule has 2 N–H and O–H groups in total. The molecule has 0 saturated carbocycles. The van der Waals surface area contributed by atoms with Gasteiger partial charge in [0.2, 0.25) is 5.91 Å². The van der Waals surface area contributed by atoms with Crippen LogP contribution in [0.15, 0.2) is 0 Å². The average molecular weight is 258 g/mol. The second kappa shape index (κ2) is 11.5. The van der Waals surface area contributed by atoms with E-state index in [2.05, 4.69) is 6.92 Å². The summed E-state index contributed by atoms with van der Waals surface area (Å²) in [7, 11) is 1.80. The highest BCUT2D eigenvalue weighted by molar-refractivity contribution is 5.77. The molecule has 0 aromatic carbocycles. The molecule has 0 fully saturated rings. The summed E-state index contributed by atoms with van der Waals surface area (Å²) < 4.78 is 5.56. The van der Waals surface area contributed by atoms with E-state index in [1.807, 2.05) is 6.92 Å².